The lowest BCUT2D eigenvalue weighted by atomic mass is 9.89. The van der Waals surface area contributed by atoms with Crippen LogP contribution < -0.4 is 5.32 Å². The van der Waals surface area contributed by atoms with E-state index in [2.05, 4.69) is 21.4 Å². The second kappa shape index (κ2) is 8.45. The molecular formula is C24H20FN5O2S. The predicted octanol–water partition coefficient (Wildman–Crippen LogP) is 3.00. The van der Waals surface area contributed by atoms with E-state index in [1.165, 1.54) is 22.7 Å². The van der Waals surface area contributed by atoms with Crippen LogP contribution in [-0.4, -0.2) is 50.9 Å². The zero-order chi connectivity index (χ0) is 23.0. The Kier molecular flexibility index (Phi) is 5.46. The van der Waals surface area contributed by atoms with E-state index in [4.69, 9.17) is 0 Å². The van der Waals surface area contributed by atoms with Crippen molar-refractivity contribution in [3.63, 3.8) is 0 Å². The molecule has 0 radical (unpaired) electrons. The van der Waals surface area contributed by atoms with E-state index in [0.717, 1.165) is 18.4 Å². The van der Waals surface area contributed by atoms with Crippen molar-refractivity contribution in [1.82, 2.24) is 20.2 Å². The molecule has 2 aliphatic rings. The Morgan fingerprint density at radius 2 is 2.09 bits per heavy atom. The molecule has 1 N–H and O–H groups in total. The number of carbonyl (C=O) groups is 2. The monoisotopic (exact) mass is 461 g/mol. The number of amides is 2. The molecule has 3 heterocycles. The lowest BCUT2D eigenvalue weighted by Crippen LogP contribution is -2.42. The summed E-state index contributed by atoms with van der Waals surface area (Å²) in [5, 5.41) is 12.5. The fraction of sp³-hybridized carbons (Fsp3) is 0.292. The van der Waals surface area contributed by atoms with Gasteiger partial charge >= 0.3 is 0 Å². The molecule has 1 aliphatic heterocycles. The molecule has 2 fully saturated rings. The summed E-state index contributed by atoms with van der Waals surface area (Å²) in [6.07, 6.45) is 4.69. The largest absolute Gasteiger partial charge is 0.343 e. The van der Waals surface area contributed by atoms with E-state index < -0.39 is 17.4 Å². The first-order valence-electron chi connectivity index (χ1n) is 10.6. The maximum Gasteiger partial charge on any atom is 0.252 e. The average Bonchev–Trinajstić information content (AvgIpc) is 3.50. The van der Waals surface area contributed by atoms with E-state index in [0.29, 0.717) is 33.8 Å². The molecule has 1 atom stereocenters. The molecule has 33 heavy (non-hydrogen) atoms. The van der Waals surface area contributed by atoms with Crippen LogP contribution in [0.1, 0.15) is 34.5 Å². The van der Waals surface area contributed by atoms with Crippen LogP contribution in [0.3, 0.4) is 0 Å². The minimum atomic E-state index is -0.501. The smallest absolute Gasteiger partial charge is 0.252 e. The van der Waals surface area contributed by atoms with Crippen molar-refractivity contribution >= 4 is 34.5 Å². The van der Waals surface area contributed by atoms with Gasteiger partial charge in [-0.3, -0.25) is 19.6 Å². The van der Waals surface area contributed by atoms with E-state index in [9.17, 15) is 19.2 Å². The van der Waals surface area contributed by atoms with E-state index in [-0.39, 0.29) is 18.3 Å². The number of nitrogens with zero attached hydrogens (tertiary/aromatic N) is 4. The molecule has 1 saturated carbocycles. The fourth-order valence-electron chi connectivity index (χ4n) is 4.31. The first-order chi connectivity index (χ1) is 16.0. The van der Waals surface area contributed by atoms with Gasteiger partial charge in [-0.1, -0.05) is 6.07 Å². The number of fused-ring (bicyclic) bond motifs is 1. The summed E-state index contributed by atoms with van der Waals surface area (Å²) in [6, 6.07) is 11.9. The molecule has 2 amide bonds. The van der Waals surface area contributed by atoms with Crippen molar-refractivity contribution in [2.24, 2.45) is 0 Å². The van der Waals surface area contributed by atoms with Gasteiger partial charge in [-0.15, -0.1) is 11.8 Å². The van der Waals surface area contributed by atoms with Crippen LogP contribution in [0.2, 0.25) is 0 Å². The van der Waals surface area contributed by atoms with Crippen LogP contribution >= 0.6 is 11.8 Å². The number of rotatable bonds is 5. The van der Waals surface area contributed by atoms with Gasteiger partial charge in [-0.25, -0.2) is 4.39 Å². The Labute approximate surface area is 194 Å². The van der Waals surface area contributed by atoms with Gasteiger partial charge in [0.1, 0.15) is 11.9 Å². The maximum absolute atomic E-state index is 14.5. The maximum atomic E-state index is 14.5. The van der Waals surface area contributed by atoms with E-state index >= 15 is 0 Å². The van der Waals surface area contributed by atoms with Gasteiger partial charge in [-0.05, 0) is 48.7 Å². The van der Waals surface area contributed by atoms with Gasteiger partial charge in [-0.2, -0.15) is 5.26 Å². The second-order valence-electron chi connectivity index (χ2n) is 8.20. The molecular weight excluding hydrogens is 441 g/mol. The van der Waals surface area contributed by atoms with Crippen LogP contribution in [0.5, 0.6) is 0 Å². The number of halogens is 1. The normalized spacial score (nSPS) is 18.7. The lowest BCUT2D eigenvalue weighted by Gasteiger charge is -2.19. The first kappa shape index (κ1) is 21.3. The first-order valence-corrected chi connectivity index (χ1v) is 11.7. The number of nitrogens with one attached hydrogen (secondary N) is 1. The predicted molar refractivity (Wildman–Crippen MR) is 122 cm³/mol. The number of thioether (sulfide) groups is 1. The number of carbonyl (C=O) groups excluding carboxylic acids is 2. The zero-order valence-corrected chi connectivity index (χ0v) is 18.4. The Balaban J connectivity index is 1.41. The van der Waals surface area contributed by atoms with Crippen LogP contribution in [0, 0.1) is 17.1 Å². The molecule has 1 aliphatic carbocycles. The lowest BCUT2D eigenvalue weighted by molar-refractivity contribution is -0.129. The number of hydrogen-bond acceptors (Lipinski definition) is 6. The highest BCUT2D eigenvalue weighted by Gasteiger charge is 2.49. The Morgan fingerprint density at radius 1 is 1.24 bits per heavy atom. The second-order valence-corrected chi connectivity index (χ2v) is 9.20. The van der Waals surface area contributed by atoms with Crippen LogP contribution in [0.25, 0.3) is 10.9 Å². The highest BCUT2D eigenvalue weighted by molar-refractivity contribution is 7.99. The number of aromatic nitrogens is 2. The third-order valence-electron chi connectivity index (χ3n) is 6.25. The van der Waals surface area contributed by atoms with Crippen molar-refractivity contribution in [2.75, 3.05) is 18.2 Å². The minimum absolute atomic E-state index is 0.190. The van der Waals surface area contributed by atoms with Crippen LogP contribution in [0.4, 0.5) is 4.39 Å². The third kappa shape index (κ3) is 3.80. The van der Waals surface area contributed by atoms with Crippen molar-refractivity contribution in [3.05, 3.63) is 71.4 Å². The molecule has 0 bridgehead atoms. The highest BCUT2D eigenvalue weighted by Crippen LogP contribution is 2.53. The summed E-state index contributed by atoms with van der Waals surface area (Å²) in [4.78, 5) is 35.6. The third-order valence-corrected chi connectivity index (χ3v) is 7.26. The van der Waals surface area contributed by atoms with Crippen molar-refractivity contribution in [1.29, 1.82) is 5.26 Å². The number of nitriles is 1. The van der Waals surface area contributed by atoms with Gasteiger partial charge in [0.25, 0.3) is 5.91 Å². The summed E-state index contributed by atoms with van der Waals surface area (Å²) in [5.41, 5.74) is 1.82. The summed E-state index contributed by atoms with van der Waals surface area (Å²) in [5.74, 6) is -0.00938. The molecule has 0 spiro atoms. The van der Waals surface area contributed by atoms with Crippen LogP contribution in [-0.2, 0) is 10.2 Å². The van der Waals surface area contributed by atoms with Crippen molar-refractivity contribution in [3.8, 4) is 6.07 Å². The molecule has 166 valence electrons. The van der Waals surface area contributed by atoms with E-state index in [1.54, 1.807) is 24.5 Å². The zero-order valence-electron chi connectivity index (χ0n) is 17.6. The highest BCUT2D eigenvalue weighted by atomic mass is 32.2. The number of benzene rings is 1. The van der Waals surface area contributed by atoms with E-state index in [1.807, 2.05) is 18.2 Å². The fourth-order valence-corrected chi connectivity index (χ4v) is 5.42. The van der Waals surface area contributed by atoms with Gasteiger partial charge in [0.05, 0.1) is 35.3 Å². The standard InChI is InChI=1S/C24H20FN5O2S/c25-19-2-1-8-28-22(19)24(6-7-24)15-3-4-20-18(10-15)17(5-9-27-20)23(32)29-12-21(31)30-14-33-13-16(30)11-26/h1-5,8-10,16H,6-7,12-14H2,(H,29,32). The quantitative estimate of drug-likeness (QED) is 0.627. The van der Waals surface area contributed by atoms with Crippen molar-refractivity contribution in [2.45, 2.75) is 24.3 Å². The summed E-state index contributed by atoms with van der Waals surface area (Å²) >= 11 is 1.51. The Morgan fingerprint density at radius 3 is 2.85 bits per heavy atom. The molecule has 1 aromatic carbocycles. The summed E-state index contributed by atoms with van der Waals surface area (Å²) in [7, 11) is 0. The minimum Gasteiger partial charge on any atom is -0.343 e. The molecule has 2 aromatic heterocycles. The summed E-state index contributed by atoms with van der Waals surface area (Å²) < 4.78 is 14.5. The van der Waals surface area contributed by atoms with Gasteiger partial charge in [0, 0.05) is 28.9 Å². The van der Waals surface area contributed by atoms with Gasteiger partial charge < -0.3 is 10.2 Å². The number of pyridine rings is 2. The van der Waals surface area contributed by atoms with Crippen molar-refractivity contribution < 1.29 is 14.0 Å². The SMILES string of the molecule is N#CC1CSCN1C(=O)CNC(=O)c1ccnc2ccc(C3(c4ncccc4F)CC3)cc12. The Hall–Kier alpha value is -3.51. The molecule has 1 saturated heterocycles. The topological polar surface area (TPSA) is 99.0 Å². The van der Waals surface area contributed by atoms with Gasteiger partial charge in [0.2, 0.25) is 5.91 Å². The molecule has 3 aromatic rings. The molecule has 7 nitrogen and oxygen atoms in total. The van der Waals surface area contributed by atoms with Gasteiger partial charge in [0.15, 0.2) is 0 Å². The molecule has 1 unspecified atom stereocenters. The Bertz CT molecular complexity index is 1300. The van der Waals surface area contributed by atoms with Crippen LogP contribution in [0.15, 0.2) is 48.8 Å². The molecule has 5 rings (SSSR count). The number of hydrogen-bond donors (Lipinski definition) is 1. The molecule has 9 heteroatoms. The average molecular weight is 462 g/mol. The summed E-state index contributed by atoms with van der Waals surface area (Å²) in [6.45, 7) is -0.190.